The molecular weight excluding hydrogens is 639 g/mol. The van der Waals surface area contributed by atoms with E-state index in [2.05, 4.69) is 130 Å². The highest BCUT2D eigenvalue weighted by Gasteiger charge is 2.29. The van der Waals surface area contributed by atoms with Crippen LogP contribution in [-0.2, 0) is 18.3 Å². The predicted octanol–water partition coefficient (Wildman–Crippen LogP) is 10.5. The summed E-state index contributed by atoms with van der Waals surface area (Å²) in [5, 5.41) is 4.19. The Balaban J connectivity index is 0.00000442. The van der Waals surface area contributed by atoms with Crippen molar-refractivity contribution < 1.29 is 4.74 Å². The number of thioether (sulfide) groups is 1. The maximum absolute atomic E-state index is 6.45. The monoisotopic (exact) mass is 686 g/mol. The molecule has 0 amide bonds. The number of fused-ring (bicyclic) bond motifs is 1. The summed E-state index contributed by atoms with van der Waals surface area (Å²) >= 11 is 1.99. The number of unbranched alkanes of at least 4 members (excludes halogenated alkanes) is 4. The third kappa shape index (κ3) is 9.35. The van der Waals surface area contributed by atoms with Gasteiger partial charge in [0.15, 0.2) is 0 Å². The normalized spacial score (nSPS) is 13.9. The van der Waals surface area contributed by atoms with E-state index in [1.807, 2.05) is 11.8 Å². The van der Waals surface area contributed by atoms with Crippen LogP contribution in [0.2, 0.25) is 0 Å². The van der Waals surface area contributed by atoms with E-state index < -0.39 is 7.92 Å². The molecule has 1 heterocycles. The third-order valence-corrected chi connectivity index (χ3v) is 11.9. The summed E-state index contributed by atoms with van der Waals surface area (Å²) < 4.78 is 6.45. The molecule has 0 N–H and O–H groups in total. The summed E-state index contributed by atoms with van der Waals surface area (Å²) in [6, 6.07) is 35.9. The summed E-state index contributed by atoms with van der Waals surface area (Å²) in [7, 11) is -0.590. The fraction of sp³-hybridized carbons (Fsp3) is 0.350. The summed E-state index contributed by atoms with van der Waals surface area (Å²) in [6.07, 6.45) is 14.1. The van der Waals surface area contributed by atoms with Crippen molar-refractivity contribution in [2.24, 2.45) is 0 Å². The number of benzene rings is 4. The summed E-state index contributed by atoms with van der Waals surface area (Å²) in [5.41, 5.74) is 4.39. The lowest BCUT2D eigenvalue weighted by Crippen LogP contribution is -2.23. The molecule has 4 aromatic rings. The third-order valence-electron chi connectivity index (χ3n) is 8.44. The SMILES string of the molecule is Br.CCCCCCCOc1cc2c(cc1C/C=C/Cc1cccc(P(c3ccccc3)c3ccccc3)c1)C(C)(C)CCS2. The second kappa shape index (κ2) is 17.4. The van der Waals surface area contributed by atoms with E-state index in [1.165, 1.54) is 75.4 Å². The van der Waals surface area contributed by atoms with Crippen molar-refractivity contribution in [1.82, 2.24) is 0 Å². The quantitative estimate of drug-likeness (QED) is 0.0742. The van der Waals surface area contributed by atoms with Crippen LogP contribution in [-0.4, -0.2) is 12.4 Å². The molecule has 0 fully saturated rings. The van der Waals surface area contributed by atoms with Crippen LogP contribution in [0.3, 0.4) is 0 Å². The number of rotatable bonds is 14. The van der Waals surface area contributed by atoms with E-state index in [9.17, 15) is 0 Å². The van der Waals surface area contributed by atoms with Gasteiger partial charge in [-0.2, -0.15) is 0 Å². The largest absolute Gasteiger partial charge is 0.493 e. The molecule has 0 spiro atoms. The first kappa shape index (κ1) is 34.6. The molecule has 44 heavy (non-hydrogen) atoms. The van der Waals surface area contributed by atoms with Crippen LogP contribution >= 0.6 is 36.7 Å². The minimum Gasteiger partial charge on any atom is -0.493 e. The zero-order chi connectivity index (χ0) is 29.9. The van der Waals surface area contributed by atoms with E-state index in [0.717, 1.165) is 31.6 Å². The van der Waals surface area contributed by atoms with Crippen molar-refractivity contribution in [2.45, 2.75) is 82.4 Å². The summed E-state index contributed by atoms with van der Waals surface area (Å²) in [6.45, 7) is 7.87. The molecule has 0 atom stereocenters. The van der Waals surface area contributed by atoms with Gasteiger partial charge >= 0.3 is 0 Å². The Hall–Kier alpha value is -2.32. The Morgan fingerprint density at radius 2 is 1.41 bits per heavy atom. The van der Waals surface area contributed by atoms with E-state index in [4.69, 9.17) is 4.74 Å². The lowest BCUT2D eigenvalue weighted by molar-refractivity contribution is 0.301. The number of ether oxygens (including phenoxy) is 1. The summed E-state index contributed by atoms with van der Waals surface area (Å²) in [4.78, 5) is 1.41. The van der Waals surface area contributed by atoms with Gasteiger partial charge in [-0.15, -0.1) is 28.7 Å². The van der Waals surface area contributed by atoms with Crippen LogP contribution in [0.5, 0.6) is 5.75 Å². The lowest BCUT2D eigenvalue weighted by atomic mass is 9.80. The average Bonchev–Trinajstić information content (AvgIpc) is 3.02. The van der Waals surface area contributed by atoms with Crippen molar-refractivity contribution in [3.05, 3.63) is 126 Å². The van der Waals surface area contributed by atoms with Gasteiger partial charge in [0.05, 0.1) is 6.61 Å². The second-order valence-electron chi connectivity index (χ2n) is 12.3. The van der Waals surface area contributed by atoms with Crippen molar-refractivity contribution in [2.75, 3.05) is 12.4 Å². The van der Waals surface area contributed by atoms with Crippen molar-refractivity contribution in [1.29, 1.82) is 0 Å². The Bertz CT molecular complexity index is 1430. The first-order valence-electron chi connectivity index (χ1n) is 16.1. The number of hydrogen-bond donors (Lipinski definition) is 0. The maximum atomic E-state index is 6.45. The van der Waals surface area contributed by atoms with Gasteiger partial charge in [0.25, 0.3) is 0 Å². The van der Waals surface area contributed by atoms with Gasteiger partial charge < -0.3 is 4.74 Å². The highest BCUT2D eigenvalue weighted by Crippen LogP contribution is 2.44. The van der Waals surface area contributed by atoms with Gasteiger partial charge in [0.1, 0.15) is 5.75 Å². The van der Waals surface area contributed by atoms with E-state index >= 15 is 0 Å². The van der Waals surface area contributed by atoms with Gasteiger partial charge in [0, 0.05) is 4.90 Å². The first-order chi connectivity index (χ1) is 21.0. The topological polar surface area (TPSA) is 9.23 Å². The van der Waals surface area contributed by atoms with Crippen LogP contribution in [0.15, 0.2) is 114 Å². The molecule has 0 radical (unpaired) electrons. The van der Waals surface area contributed by atoms with Crippen molar-refractivity contribution in [3.63, 3.8) is 0 Å². The number of hydrogen-bond acceptors (Lipinski definition) is 2. The molecule has 232 valence electrons. The van der Waals surface area contributed by atoms with E-state index in [0.29, 0.717) is 0 Å². The highest BCUT2D eigenvalue weighted by atomic mass is 79.9. The fourth-order valence-electron chi connectivity index (χ4n) is 5.84. The Morgan fingerprint density at radius 1 is 0.750 bits per heavy atom. The Kier molecular flexibility index (Phi) is 13.7. The Labute approximate surface area is 282 Å². The van der Waals surface area contributed by atoms with Gasteiger partial charge in [-0.3, -0.25) is 0 Å². The van der Waals surface area contributed by atoms with Gasteiger partial charge in [0.2, 0.25) is 0 Å². The molecule has 1 aliphatic heterocycles. The molecule has 0 bridgehead atoms. The van der Waals surface area contributed by atoms with Gasteiger partial charge in [-0.1, -0.05) is 150 Å². The highest BCUT2D eigenvalue weighted by molar-refractivity contribution is 8.93. The molecule has 0 unspecified atom stereocenters. The second-order valence-corrected chi connectivity index (χ2v) is 15.6. The molecule has 0 aromatic heterocycles. The van der Waals surface area contributed by atoms with Crippen molar-refractivity contribution in [3.8, 4) is 5.75 Å². The Morgan fingerprint density at radius 3 is 2.11 bits per heavy atom. The maximum Gasteiger partial charge on any atom is 0.123 e. The average molecular weight is 688 g/mol. The predicted molar refractivity (Wildman–Crippen MR) is 201 cm³/mol. The molecular formula is C40H48BrOPS. The van der Waals surface area contributed by atoms with E-state index in [1.54, 1.807) is 0 Å². The van der Waals surface area contributed by atoms with E-state index in [-0.39, 0.29) is 22.4 Å². The molecule has 0 aliphatic carbocycles. The molecule has 4 aromatic carbocycles. The van der Waals surface area contributed by atoms with Gasteiger partial charge in [-0.05, 0) is 83.4 Å². The van der Waals surface area contributed by atoms with Crippen LogP contribution in [0, 0.1) is 0 Å². The van der Waals surface area contributed by atoms with Crippen LogP contribution in [0.1, 0.15) is 76.0 Å². The molecule has 1 aliphatic rings. The lowest BCUT2D eigenvalue weighted by Gasteiger charge is -2.33. The van der Waals surface area contributed by atoms with Gasteiger partial charge in [-0.25, -0.2) is 0 Å². The molecule has 0 saturated carbocycles. The molecule has 5 rings (SSSR count). The smallest absolute Gasteiger partial charge is 0.123 e. The zero-order valence-corrected chi connectivity index (χ0v) is 30.1. The number of allylic oxidation sites excluding steroid dienone is 2. The fourth-order valence-corrected chi connectivity index (χ4v) is 9.72. The van der Waals surface area contributed by atoms with Crippen LogP contribution in [0.25, 0.3) is 0 Å². The minimum absolute atomic E-state index is 0. The standard InChI is InChI=1S/C40H47OPS.BrH/c1-4-5-6-7-16-27-41-38-31-39-37(40(2,3)26-28-43-39)30-33(38)20-15-14-18-32-19-17-25-36(29-32)42(34-21-10-8-11-22-34)35-23-12-9-13-24-35;/h8-15,17,19,21-25,29-31H,4-7,16,18,20,26-28H2,1-3H3;1H/b15-14+;. The molecule has 4 heteroatoms. The zero-order valence-electron chi connectivity index (χ0n) is 26.6. The first-order valence-corrected chi connectivity index (χ1v) is 18.4. The number of halogens is 1. The molecule has 1 nitrogen and oxygen atoms in total. The summed E-state index contributed by atoms with van der Waals surface area (Å²) in [5.74, 6) is 2.27. The van der Waals surface area contributed by atoms with Crippen LogP contribution in [0.4, 0.5) is 0 Å². The minimum atomic E-state index is -0.590. The van der Waals surface area contributed by atoms with Crippen LogP contribution < -0.4 is 20.7 Å². The molecule has 0 saturated heterocycles. The van der Waals surface area contributed by atoms with Crippen molar-refractivity contribution >= 4 is 52.6 Å².